The fourth-order valence-corrected chi connectivity index (χ4v) is 4.00. The van der Waals surface area contributed by atoms with Crippen LogP contribution in [0.4, 0.5) is 0 Å². The minimum absolute atomic E-state index is 0.0382. The van der Waals surface area contributed by atoms with Crippen LogP contribution in [0, 0.1) is 0 Å². The molecule has 2 aromatic rings. The molecule has 2 atom stereocenters. The minimum Gasteiger partial charge on any atom is -0.348 e. The molecule has 2 heterocycles. The Kier molecular flexibility index (Phi) is 6.24. The highest BCUT2D eigenvalue weighted by molar-refractivity contribution is 7.09. The fraction of sp³-hybridized carbons (Fsp3) is 0.450. The second kappa shape index (κ2) is 8.61. The van der Waals surface area contributed by atoms with Gasteiger partial charge < -0.3 is 5.32 Å². The Hall–Kier alpha value is -1.69. The normalized spacial score (nSPS) is 18.6. The second-order valence-corrected chi connectivity index (χ2v) is 7.74. The van der Waals surface area contributed by atoms with Crippen LogP contribution in [-0.2, 0) is 11.3 Å². The number of piperazine rings is 1. The Morgan fingerprint density at radius 2 is 1.80 bits per heavy atom. The molecule has 0 radical (unpaired) electrons. The maximum Gasteiger partial charge on any atom is 0.237 e. The van der Waals surface area contributed by atoms with Crippen LogP contribution < -0.4 is 5.32 Å². The molecule has 0 spiro atoms. The molecule has 1 N–H and O–H groups in total. The molecule has 5 heteroatoms. The van der Waals surface area contributed by atoms with Gasteiger partial charge in [0, 0.05) is 37.6 Å². The van der Waals surface area contributed by atoms with Gasteiger partial charge in [-0.15, -0.1) is 11.3 Å². The molecule has 1 fully saturated rings. The summed E-state index contributed by atoms with van der Waals surface area (Å²) in [5.74, 6) is 0.114. The number of carbonyl (C=O) groups is 1. The molecule has 2 unspecified atom stereocenters. The molecule has 4 nitrogen and oxygen atoms in total. The summed E-state index contributed by atoms with van der Waals surface area (Å²) in [6, 6.07) is 14.4. The van der Waals surface area contributed by atoms with Crippen molar-refractivity contribution in [3.05, 3.63) is 58.3 Å². The van der Waals surface area contributed by atoms with Gasteiger partial charge in [-0.05, 0) is 30.9 Å². The van der Waals surface area contributed by atoms with E-state index in [4.69, 9.17) is 0 Å². The van der Waals surface area contributed by atoms with Crippen LogP contribution in [-0.4, -0.2) is 47.9 Å². The van der Waals surface area contributed by atoms with Crippen molar-refractivity contribution in [3.63, 3.8) is 0 Å². The maximum absolute atomic E-state index is 12.6. The van der Waals surface area contributed by atoms with Crippen LogP contribution in [0.2, 0.25) is 0 Å². The first-order valence-corrected chi connectivity index (χ1v) is 9.85. The summed E-state index contributed by atoms with van der Waals surface area (Å²) in [6.07, 6.45) is 0. The monoisotopic (exact) mass is 357 g/mol. The molecule has 1 aromatic heterocycles. The zero-order valence-electron chi connectivity index (χ0n) is 15.0. The van der Waals surface area contributed by atoms with E-state index in [1.165, 1.54) is 4.88 Å². The molecule has 1 aliphatic heterocycles. The molecule has 1 aliphatic rings. The summed E-state index contributed by atoms with van der Waals surface area (Å²) in [4.78, 5) is 18.8. The number of thiophene rings is 1. The number of hydrogen-bond acceptors (Lipinski definition) is 4. The van der Waals surface area contributed by atoms with E-state index in [2.05, 4.69) is 44.8 Å². The van der Waals surface area contributed by atoms with Gasteiger partial charge >= 0.3 is 0 Å². The SMILES string of the molecule is CC(NC(=O)C(C)N1CCN(Cc2cccs2)CC1)c1ccccc1. The number of nitrogens with zero attached hydrogens (tertiary/aromatic N) is 2. The first kappa shape index (κ1) is 18.1. The van der Waals surface area contributed by atoms with Crippen molar-refractivity contribution in [1.82, 2.24) is 15.1 Å². The zero-order chi connectivity index (χ0) is 17.6. The van der Waals surface area contributed by atoms with Gasteiger partial charge in [0.1, 0.15) is 0 Å². The van der Waals surface area contributed by atoms with E-state index in [1.54, 1.807) is 0 Å². The highest BCUT2D eigenvalue weighted by Gasteiger charge is 2.26. The molecule has 1 saturated heterocycles. The number of rotatable bonds is 6. The molecule has 25 heavy (non-hydrogen) atoms. The summed E-state index contributed by atoms with van der Waals surface area (Å²) >= 11 is 1.81. The number of amides is 1. The average Bonchev–Trinajstić information content (AvgIpc) is 3.15. The Morgan fingerprint density at radius 3 is 2.44 bits per heavy atom. The van der Waals surface area contributed by atoms with Gasteiger partial charge in [-0.25, -0.2) is 0 Å². The topological polar surface area (TPSA) is 35.6 Å². The van der Waals surface area contributed by atoms with Crippen molar-refractivity contribution in [1.29, 1.82) is 0 Å². The number of benzene rings is 1. The van der Waals surface area contributed by atoms with Crippen molar-refractivity contribution in [2.45, 2.75) is 32.5 Å². The Bertz CT molecular complexity index is 651. The Balaban J connectivity index is 1.46. The van der Waals surface area contributed by atoms with Gasteiger partial charge in [0.2, 0.25) is 5.91 Å². The van der Waals surface area contributed by atoms with Crippen LogP contribution >= 0.6 is 11.3 Å². The van der Waals surface area contributed by atoms with E-state index in [0.717, 1.165) is 38.3 Å². The average molecular weight is 358 g/mol. The number of carbonyl (C=O) groups excluding carboxylic acids is 1. The van der Waals surface area contributed by atoms with E-state index < -0.39 is 0 Å². The van der Waals surface area contributed by atoms with Crippen molar-refractivity contribution in [3.8, 4) is 0 Å². The van der Waals surface area contributed by atoms with Gasteiger partial charge in [-0.2, -0.15) is 0 Å². The molecular formula is C20H27N3OS. The van der Waals surface area contributed by atoms with Gasteiger partial charge in [-0.1, -0.05) is 36.4 Å². The van der Waals surface area contributed by atoms with Gasteiger partial charge in [0.05, 0.1) is 12.1 Å². The quantitative estimate of drug-likeness (QED) is 0.863. The Labute approximate surface area is 154 Å². The molecule has 0 saturated carbocycles. The number of nitrogens with one attached hydrogen (secondary N) is 1. The predicted molar refractivity (Wildman–Crippen MR) is 104 cm³/mol. The van der Waals surface area contributed by atoms with Crippen molar-refractivity contribution < 1.29 is 4.79 Å². The van der Waals surface area contributed by atoms with Gasteiger partial charge in [-0.3, -0.25) is 14.6 Å². The molecule has 1 amide bonds. The molecule has 0 bridgehead atoms. The first-order valence-electron chi connectivity index (χ1n) is 8.97. The summed E-state index contributed by atoms with van der Waals surface area (Å²) in [6.45, 7) is 9.00. The second-order valence-electron chi connectivity index (χ2n) is 6.71. The lowest BCUT2D eigenvalue weighted by Gasteiger charge is -2.37. The predicted octanol–water partition coefficient (Wildman–Crippen LogP) is 3.13. The van der Waals surface area contributed by atoms with Crippen LogP contribution in [0.25, 0.3) is 0 Å². The summed E-state index contributed by atoms with van der Waals surface area (Å²) in [5.41, 5.74) is 1.14. The standard InChI is InChI=1S/C20H27N3OS/c1-16(18-7-4-3-5-8-18)21-20(24)17(2)23-12-10-22(11-13-23)15-19-9-6-14-25-19/h3-9,14,16-17H,10-13,15H2,1-2H3,(H,21,24). The van der Waals surface area contributed by atoms with Crippen LogP contribution in [0.3, 0.4) is 0 Å². The first-order chi connectivity index (χ1) is 12.1. The third-order valence-corrected chi connectivity index (χ3v) is 5.81. The fourth-order valence-electron chi connectivity index (χ4n) is 3.26. The summed E-state index contributed by atoms with van der Waals surface area (Å²) < 4.78 is 0. The maximum atomic E-state index is 12.6. The Morgan fingerprint density at radius 1 is 1.08 bits per heavy atom. The van der Waals surface area contributed by atoms with E-state index >= 15 is 0 Å². The molecule has 1 aromatic carbocycles. The molecule has 134 valence electrons. The zero-order valence-corrected chi connectivity index (χ0v) is 15.8. The lowest BCUT2D eigenvalue weighted by molar-refractivity contribution is -0.127. The molecule has 3 rings (SSSR count). The third-order valence-electron chi connectivity index (χ3n) is 4.95. The van der Waals surface area contributed by atoms with E-state index in [0.29, 0.717) is 0 Å². The van der Waals surface area contributed by atoms with Crippen molar-refractivity contribution in [2.75, 3.05) is 26.2 Å². The largest absolute Gasteiger partial charge is 0.348 e. The van der Waals surface area contributed by atoms with E-state index in [1.807, 2.05) is 43.4 Å². The van der Waals surface area contributed by atoms with E-state index in [9.17, 15) is 4.79 Å². The minimum atomic E-state index is -0.0879. The van der Waals surface area contributed by atoms with Crippen LogP contribution in [0.5, 0.6) is 0 Å². The molecular weight excluding hydrogens is 330 g/mol. The van der Waals surface area contributed by atoms with Crippen LogP contribution in [0.1, 0.15) is 30.3 Å². The van der Waals surface area contributed by atoms with Crippen molar-refractivity contribution in [2.24, 2.45) is 0 Å². The smallest absolute Gasteiger partial charge is 0.237 e. The number of hydrogen-bond donors (Lipinski definition) is 1. The van der Waals surface area contributed by atoms with Gasteiger partial charge in [0.25, 0.3) is 0 Å². The summed E-state index contributed by atoms with van der Waals surface area (Å²) in [5, 5.41) is 5.28. The highest BCUT2D eigenvalue weighted by atomic mass is 32.1. The van der Waals surface area contributed by atoms with E-state index in [-0.39, 0.29) is 18.0 Å². The third kappa shape index (κ3) is 4.91. The highest BCUT2D eigenvalue weighted by Crippen LogP contribution is 2.16. The molecule has 0 aliphatic carbocycles. The lowest BCUT2D eigenvalue weighted by atomic mass is 10.1. The summed E-state index contributed by atoms with van der Waals surface area (Å²) in [7, 11) is 0. The van der Waals surface area contributed by atoms with Gasteiger partial charge in [0.15, 0.2) is 0 Å². The van der Waals surface area contributed by atoms with Crippen LogP contribution in [0.15, 0.2) is 47.8 Å². The lowest BCUT2D eigenvalue weighted by Crippen LogP contribution is -2.53. The van der Waals surface area contributed by atoms with Crippen molar-refractivity contribution >= 4 is 17.2 Å².